The molecule has 0 aliphatic heterocycles. The van der Waals surface area contributed by atoms with Crippen LogP contribution in [-0.4, -0.2) is 11.7 Å². The Labute approximate surface area is 131 Å². The van der Waals surface area contributed by atoms with Crippen LogP contribution in [0.5, 0.6) is 0 Å². The van der Waals surface area contributed by atoms with Gasteiger partial charge in [-0.25, -0.2) is 4.39 Å². The van der Waals surface area contributed by atoms with E-state index in [9.17, 15) is 9.50 Å². The predicted octanol–water partition coefficient (Wildman–Crippen LogP) is 4.64. The molecule has 0 heterocycles. The van der Waals surface area contributed by atoms with Crippen LogP contribution in [0.1, 0.15) is 11.1 Å². The number of aliphatic hydroxyl groups excluding tert-OH is 1. The minimum atomic E-state index is -0.245. The van der Waals surface area contributed by atoms with E-state index < -0.39 is 0 Å². The van der Waals surface area contributed by atoms with E-state index in [-0.39, 0.29) is 18.3 Å². The van der Waals surface area contributed by atoms with Crippen LogP contribution >= 0.6 is 27.5 Å². The van der Waals surface area contributed by atoms with E-state index in [1.165, 1.54) is 6.07 Å². The molecule has 0 radical (unpaired) electrons. The number of hydrogen-bond acceptors (Lipinski definition) is 1. The molecular weight excluding hydrogens is 343 g/mol. The Kier molecular flexibility index (Phi) is 5.58. The van der Waals surface area contributed by atoms with Gasteiger partial charge in [-0.3, -0.25) is 0 Å². The predicted molar refractivity (Wildman–Crippen MR) is 83.5 cm³/mol. The fourth-order valence-electron chi connectivity index (χ4n) is 2.19. The molecule has 2 aromatic rings. The summed E-state index contributed by atoms with van der Waals surface area (Å²) in [4.78, 5) is 0. The normalized spacial score (nSPS) is 12.4. The molecular formula is C16H15BrClFO. The summed E-state index contributed by atoms with van der Waals surface area (Å²) in [5.41, 5.74) is 1.58. The van der Waals surface area contributed by atoms with E-state index in [1.54, 1.807) is 12.1 Å². The third-order valence-corrected chi connectivity index (χ3v) is 4.10. The van der Waals surface area contributed by atoms with Crippen LogP contribution in [-0.2, 0) is 12.8 Å². The lowest BCUT2D eigenvalue weighted by Crippen LogP contribution is -2.14. The maximum atomic E-state index is 13.8. The zero-order valence-corrected chi connectivity index (χ0v) is 13.2. The lowest BCUT2D eigenvalue weighted by atomic mass is 9.93. The SMILES string of the molecule is OCC(Cc1cc(Br)ccc1F)Cc1ccccc1Cl. The summed E-state index contributed by atoms with van der Waals surface area (Å²) in [5.74, 6) is -0.301. The second-order valence-corrected chi connectivity index (χ2v) is 6.11. The van der Waals surface area contributed by atoms with Gasteiger partial charge in [0.1, 0.15) is 5.82 Å². The molecule has 1 nitrogen and oxygen atoms in total. The van der Waals surface area contributed by atoms with E-state index >= 15 is 0 Å². The summed E-state index contributed by atoms with van der Waals surface area (Å²) >= 11 is 9.46. The Bertz CT molecular complexity index is 588. The average Bonchev–Trinajstić information content (AvgIpc) is 2.44. The number of rotatable bonds is 5. The summed E-state index contributed by atoms with van der Waals surface area (Å²) in [6, 6.07) is 12.4. The van der Waals surface area contributed by atoms with Crippen molar-refractivity contribution in [3.63, 3.8) is 0 Å². The van der Waals surface area contributed by atoms with Crippen LogP contribution < -0.4 is 0 Å². The first kappa shape index (κ1) is 15.5. The molecule has 0 aromatic heterocycles. The first-order valence-electron chi connectivity index (χ1n) is 6.38. The molecule has 2 rings (SSSR count). The van der Waals surface area contributed by atoms with Crippen molar-refractivity contribution in [2.24, 2.45) is 5.92 Å². The second-order valence-electron chi connectivity index (χ2n) is 4.78. The summed E-state index contributed by atoms with van der Waals surface area (Å²) in [5, 5.41) is 10.2. The maximum absolute atomic E-state index is 13.8. The van der Waals surface area contributed by atoms with Crippen molar-refractivity contribution in [2.45, 2.75) is 12.8 Å². The monoisotopic (exact) mass is 356 g/mol. The van der Waals surface area contributed by atoms with Gasteiger partial charge in [0.05, 0.1) is 0 Å². The Morgan fingerprint density at radius 3 is 2.50 bits per heavy atom. The highest BCUT2D eigenvalue weighted by Gasteiger charge is 2.14. The lowest BCUT2D eigenvalue weighted by molar-refractivity contribution is 0.224. The van der Waals surface area contributed by atoms with Crippen LogP contribution in [0.3, 0.4) is 0 Å². The minimum Gasteiger partial charge on any atom is -0.396 e. The highest BCUT2D eigenvalue weighted by Crippen LogP contribution is 2.23. The van der Waals surface area contributed by atoms with Crippen LogP contribution in [0.25, 0.3) is 0 Å². The van der Waals surface area contributed by atoms with Crippen molar-refractivity contribution in [1.82, 2.24) is 0 Å². The van der Waals surface area contributed by atoms with E-state index in [4.69, 9.17) is 11.6 Å². The number of aliphatic hydroxyl groups is 1. The van der Waals surface area contributed by atoms with Crippen molar-refractivity contribution in [2.75, 3.05) is 6.61 Å². The van der Waals surface area contributed by atoms with Gasteiger partial charge in [0.2, 0.25) is 0 Å². The van der Waals surface area contributed by atoms with Gasteiger partial charge in [-0.15, -0.1) is 0 Å². The van der Waals surface area contributed by atoms with Gasteiger partial charge in [0.25, 0.3) is 0 Å². The van der Waals surface area contributed by atoms with Gasteiger partial charge in [-0.1, -0.05) is 45.7 Å². The molecule has 0 bridgehead atoms. The Morgan fingerprint density at radius 2 is 1.80 bits per heavy atom. The van der Waals surface area contributed by atoms with Crippen LogP contribution in [0.2, 0.25) is 5.02 Å². The molecule has 0 aliphatic carbocycles. The third-order valence-electron chi connectivity index (χ3n) is 3.24. The standard InChI is InChI=1S/C16H15BrClFO/c17-14-5-6-16(19)13(9-14)8-11(10-20)7-12-3-1-2-4-15(12)18/h1-6,9,11,20H,7-8,10H2. The van der Waals surface area contributed by atoms with Crippen molar-refractivity contribution in [1.29, 1.82) is 0 Å². The van der Waals surface area contributed by atoms with Crippen LogP contribution in [0, 0.1) is 11.7 Å². The molecule has 1 atom stereocenters. The fraction of sp³-hybridized carbons (Fsp3) is 0.250. The van der Waals surface area contributed by atoms with Crippen molar-refractivity contribution >= 4 is 27.5 Å². The van der Waals surface area contributed by atoms with Gasteiger partial charge in [0.15, 0.2) is 0 Å². The number of hydrogen-bond donors (Lipinski definition) is 1. The quantitative estimate of drug-likeness (QED) is 0.827. The lowest BCUT2D eigenvalue weighted by Gasteiger charge is -2.16. The maximum Gasteiger partial charge on any atom is 0.126 e. The molecule has 0 spiro atoms. The summed E-state index contributed by atoms with van der Waals surface area (Å²) in [6.45, 7) is -0.00280. The summed E-state index contributed by atoms with van der Waals surface area (Å²) in [7, 11) is 0. The third kappa shape index (κ3) is 4.05. The highest BCUT2D eigenvalue weighted by atomic mass is 79.9. The van der Waals surface area contributed by atoms with Gasteiger partial charge >= 0.3 is 0 Å². The van der Waals surface area contributed by atoms with Gasteiger partial charge in [-0.05, 0) is 54.2 Å². The Hall–Kier alpha value is -0.900. The summed E-state index contributed by atoms with van der Waals surface area (Å²) < 4.78 is 14.6. The first-order chi connectivity index (χ1) is 9.60. The molecule has 106 valence electrons. The van der Waals surface area contributed by atoms with Crippen molar-refractivity contribution < 1.29 is 9.50 Å². The van der Waals surface area contributed by atoms with Gasteiger partial charge in [-0.2, -0.15) is 0 Å². The summed E-state index contributed by atoms with van der Waals surface area (Å²) in [6.07, 6.45) is 1.11. The highest BCUT2D eigenvalue weighted by molar-refractivity contribution is 9.10. The zero-order chi connectivity index (χ0) is 14.5. The van der Waals surface area contributed by atoms with E-state index in [0.717, 1.165) is 10.0 Å². The molecule has 0 saturated carbocycles. The number of halogens is 3. The molecule has 0 fully saturated rings. The van der Waals surface area contributed by atoms with E-state index in [1.807, 2.05) is 24.3 Å². The molecule has 2 aromatic carbocycles. The molecule has 20 heavy (non-hydrogen) atoms. The number of benzene rings is 2. The largest absolute Gasteiger partial charge is 0.396 e. The van der Waals surface area contributed by atoms with Gasteiger partial charge < -0.3 is 5.11 Å². The second kappa shape index (κ2) is 7.21. The van der Waals surface area contributed by atoms with E-state index in [0.29, 0.717) is 23.4 Å². The molecule has 1 unspecified atom stereocenters. The topological polar surface area (TPSA) is 20.2 Å². The Morgan fingerprint density at radius 1 is 1.10 bits per heavy atom. The molecule has 0 aliphatic rings. The molecule has 1 N–H and O–H groups in total. The minimum absolute atomic E-state index is 0.00280. The van der Waals surface area contributed by atoms with Crippen molar-refractivity contribution in [3.05, 3.63) is 68.9 Å². The molecule has 0 saturated heterocycles. The molecule has 0 amide bonds. The van der Waals surface area contributed by atoms with Crippen LogP contribution in [0.15, 0.2) is 46.9 Å². The Balaban J connectivity index is 2.13. The average molecular weight is 358 g/mol. The van der Waals surface area contributed by atoms with Crippen LogP contribution in [0.4, 0.5) is 4.39 Å². The fourth-order valence-corrected chi connectivity index (χ4v) is 2.81. The van der Waals surface area contributed by atoms with Gasteiger partial charge in [0, 0.05) is 16.1 Å². The first-order valence-corrected chi connectivity index (χ1v) is 7.55. The van der Waals surface area contributed by atoms with E-state index in [2.05, 4.69) is 15.9 Å². The smallest absolute Gasteiger partial charge is 0.126 e. The van der Waals surface area contributed by atoms with Crippen molar-refractivity contribution in [3.8, 4) is 0 Å². The zero-order valence-electron chi connectivity index (χ0n) is 10.8. The molecule has 4 heteroatoms.